The summed E-state index contributed by atoms with van der Waals surface area (Å²) in [5.41, 5.74) is 6.57. The molecular weight excluding hydrogens is 532 g/mol. The summed E-state index contributed by atoms with van der Waals surface area (Å²) in [5.74, 6) is 3.40. The lowest BCUT2D eigenvalue weighted by Crippen LogP contribution is -2.32. The number of aliphatic hydroxyl groups excluding tert-OH is 1. The fourth-order valence-electron chi connectivity index (χ4n) is 4.01. The lowest BCUT2D eigenvalue weighted by molar-refractivity contribution is 0.0956. The Morgan fingerprint density at radius 2 is 1.87 bits per heavy atom. The van der Waals surface area contributed by atoms with Gasteiger partial charge in [0.1, 0.15) is 5.75 Å². The number of hydrogen-bond acceptors (Lipinski definition) is 8. The van der Waals surface area contributed by atoms with Gasteiger partial charge in [0.25, 0.3) is 11.8 Å². The number of methoxy groups -OCH3 is 1. The molecule has 0 spiro atoms. The highest BCUT2D eigenvalue weighted by Gasteiger charge is 2.19. The van der Waals surface area contributed by atoms with Crippen LogP contribution in [0.15, 0.2) is 71.8 Å². The topological polar surface area (TPSA) is 103 Å². The lowest BCUT2D eigenvalue weighted by atomic mass is 10.1. The summed E-state index contributed by atoms with van der Waals surface area (Å²) in [7, 11) is 1.60. The number of carbonyl (C=O) groups is 2. The minimum atomic E-state index is -0.419. The highest BCUT2D eigenvalue weighted by Crippen LogP contribution is 2.26. The van der Waals surface area contributed by atoms with Crippen molar-refractivity contribution < 1.29 is 19.4 Å². The van der Waals surface area contributed by atoms with Crippen LogP contribution in [0.25, 0.3) is 0 Å². The molecule has 0 bridgehead atoms. The third-order valence-corrected chi connectivity index (χ3v) is 8.01. The molecule has 2 amide bonds. The second-order valence-electron chi connectivity index (χ2n) is 8.73. The molecule has 0 unspecified atom stereocenters. The molecule has 204 valence electrons. The van der Waals surface area contributed by atoms with Gasteiger partial charge in [0.2, 0.25) is 0 Å². The van der Waals surface area contributed by atoms with Crippen LogP contribution in [0.4, 0.5) is 11.4 Å². The summed E-state index contributed by atoms with van der Waals surface area (Å²) in [6.07, 6.45) is 1.56. The maximum Gasteiger partial charge on any atom is 0.273 e. The molecule has 0 radical (unpaired) electrons. The maximum atomic E-state index is 13.3. The van der Waals surface area contributed by atoms with Gasteiger partial charge in [-0.25, -0.2) is 5.43 Å². The van der Waals surface area contributed by atoms with E-state index in [-0.39, 0.29) is 12.5 Å². The van der Waals surface area contributed by atoms with Gasteiger partial charge < -0.3 is 20.1 Å². The second-order valence-corrected chi connectivity index (χ2v) is 11.1. The molecular formula is C29H32N4O4S2. The van der Waals surface area contributed by atoms with Crippen molar-refractivity contribution in [2.45, 2.75) is 5.75 Å². The van der Waals surface area contributed by atoms with Crippen LogP contribution in [0.1, 0.15) is 31.8 Å². The van der Waals surface area contributed by atoms with Gasteiger partial charge in [0, 0.05) is 47.4 Å². The fraction of sp³-hybridized carbons (Fsp3) is 0.276. The van der Waals surface area contributed by atoms with Crippen LogP contribution in [0.3, 0.4) is 0 Å². The third-order valence-electron chi connectivity index (χ3n) is 6.06. The van der Waals surface area contributed by atoms with E-state index in [4.69, 9.17) is 9.84 Å². The average molecular weight is 565 g/mol. The molecule has 0 saturated carbocycles. The molecule has 1 aliphatic heterocycles. The number of benzene rings is 3. The number of amides is 2. The Bertz CT molecular complexity index is 1290. The Kier molecular flexibility index (Phi) is 10.7. The molecule has 3 aromatic carbocycles. The zero-order valence-electron chi connectivity index (χ0n) is 21.8. The van der Waals surface area contributed by atoms with E-state index < -0.39 is 5.91 Å². The van der Waals surface area contributed by atoms with Crippen LogP contribution >= 0.6 is 23.5 Å². The number of carbonyl (C=O) groups excluding carboxylic acids is 2. The highest BCUT2D eigenvalue weighted by atomic mass is 32.2. The first-order valence-corrected chi connectivity index (χ1v) is 14.9. The summed E-state index contributed by atoms with van der Waals surface area (Å²) in [6, 6.07) is 20.2. The van der Waals surface area contributed by atoms with E-state index in [1.807, 2.05) is 66.4 Å². The summed E-state index contributed by atoms with van der Waals surface area (Å²) in [4.78, 5) is 28.7. The normalized spacial score (nSPS) is 13.3. The zero-order chi connectivity index (χ0) is 27.5. The van der Waals surface area contributed by atoms with Gasteiger partial charge in [-0.2, -0.15) is 28.6 Å². The van der Waals surface area contributed by atoms with E-state index in [0.717, 1.165) is 47.2 Å². The Labute approximate surface area is 237 Å². The third kappa shape index (κ3) is 8.26. The zero-order valence-corrected chi connectivity index (χ0v) is 23.4. The van der Waals surface area contributed by atoms with Crippen molar-refractivity contribution in [1.29, 1.82) is 0 Å². The first-order valence-electron chi connectivity index (χ1n) is 12.6. The quantitative estimate of drug-likeness (QED) is 0.179. The smallest absolute Gasteiger partial charge is 0.273 e. The Morgan fingerprint density at radius 1 is 1.08 bits per heavy atom. The highest BCUT2D eigenvalue weighted by molar-refractivity contribution is 7.99. The van der Waals surface area contributed by atoms with E-state index in [1.54, 1.807) is 37.2 Å². The van der Waals surface area contributed by atoms with Gasteiger partial charge in [-0.3, -0.25) is 9.59 Å². The predicted octanol–water partition coefficient (Wildman–Crippen LogP) is 4.49. The van der Waals surface area contributed by atoms with Crippen molar-refractivity contribution in [1.82, 2.24) is 5.43 Å². The summed E-state index contributed by atoms with van der Waals surface area (Å²) >= 11 is 3.51. The minimum Gasteiger partial charge on any atom is -0.497 e. The maximum absolute atomic E-state index is 13.3. The molecule has 10 heteroatoms. The number of nitrogens with one attached hydrogen (secondary N) is 2. The number of thioether (sulfide) groups is 2. The summed E-state index contributed by atoms with van der Waals surface area (Å²) in [5, 5.41) is 16.1. The molecule has 1 heterocycles. The predicted molar refractivity (Wildman–Crippen MR) is 162 cm³/mol. The van der Waals surface area contributed by atoms with Gasteiger partial charge in [0.05, 0.1) is 31.2 Å². The molecule has 3 aromatic rings. The van der Waals surface area contributed by atoms with E-state index in [1.165, 1.54) is 0 Å². The van der Waals surface area contributed by atoms with Crippen LogP contribution < -0.4 is 20.4 Å². The molecule has 0 aliphatic carbocycles. The Balaban J connectivity index is 1.53. The number of hydrogen-bond donors (Lipinski definition) is 3. The molecule has 0 atom stereocenters. The molecule has 4 rings (SSSR count). The number of aliphatic hydroxyl groups is 1. The number of nitrogens with zero attached hydrogens (tertiary/aromatic N) is 2. The van der Waals surface area contributed by atoms with E-state index >= 15 is 0 Å². The van der Waals surface area contributed by atoms with Gasteiger partial charge in [0.15, 0.2) is 0 Å². The van der Waals surface area contributed by atoms with E-state index in [0.29, 0.717) is 28.3 Å². The first kappa shape index (κ1) is 28.5. The van der Waals surface area contributed by atoms with Crippen molar-refractivity contribution in [2.75, 3.05) is 54.3 Å². The van der Waals surface area contributed by atoms with Gasteiger partial charge in [-0.15, -0.1) is 0 Å². The summed E-state index contributed by atoms with van der Waals surface area (Å²) in [6.45, 7) is 1.91. The standard InChI is InChI=1S/C29H32N4O4S2/c1-37-25-8-5-21(6-9-25)19-30-32-29(36)26-18-24(33-11-14-38-15-12-33)7-10-27(26)31-28(35)23-4-2-3-22(17-23)20-39-16-13-34/h2-10,17-19,34H,11-16,20H2,1H3,(H,31,35)(H,32,36). The monoisotopic (exact) mass is 564 g/mol. The van der Waals surface area contributed by atoms with Crippen molar-refractivity contribution in [3.8, 4) is 5.75 Å². The van der Waals surface area contributed by atoms with Crippen LogP contribution in [0.2, 0.25) is 0 Å². The molecule has 1 fully saturated rings. The van der Waals surface area contributed by atoms with Crippen molar-refractivity contribution in [3.63, 3.8) is 0 Å². The van der Waals surface area contributed by atoms with Crippen molar-refractivity contribution in [3.05, 3.63) is 89.0 Å². The number of anilines is 2. The van der Waals surface area contributed by atoms with Crippen molar-refractivity contribution >= 4 is 52.9 Å². The van der Waals surface area contributed by atoms with E-state index in [2.05, 4.69) is 20.7 Å². The van der Waals surface area contributed by atoms with E-state index in [9.17, 15) is 9.59 Å². The molecule has 8 nitrogen and oxygen atoms in total. The largest absolute Gasteiger partial charge is 0.497 e. The van der Waals surface area contributed by atoms with Crippen LogP contribution in [-0.4, -0.2) is 67.2 Å². The van der Waals surface area contributed by atoms with Gasteiger partial charge >= 0.3 is 0 Å². The van der Waals surface area contributed by atoms with Crippen LogP contribution in [-0.2, 0) is 5.75 Å². The number of hydrazone groups is 1. The van der Waals surface area contributed by atoms with Crippen LogP contribution in [0, 0.1) is 0 Å². The molecule has 1 saturated heterocycles. The Hall–Kier alpha value is -3.47. The minimum absolute atomic E-state index is 0.117. The molecule has 1 aliphatic rings. The first-order chi connectivity index (χ1) is 19.1. The molecule has 0 aromatic heterocycles. The molecule has 3 N–H and O–H groups in total. The molecule has 39 heavy (non-hydrogen) atoms. The SMILES string of the molecule is COc1ccc(C=NNC(=O)c2cc(N3CCSCC3)ccc2NC(=O)c2cccc(CSCCO)c2)cc1. The lowest BCUT2D eigenvalue weighted by Gasteiger charge is -2.29. The Morgan fingerprint density at radius 3 is 2.62 bits per heavy atom. The average Bonchev–Trinajstić information content (AvgIpc) is 2.98. The number of rotatable bonds is 11. The summed E-state index contributed by atoms with van der Waals surface area (Å²) < 4.78 is 5.17. The second kappa shape index (κ2) is 14.6. The fourth-order valence-corrected chi connectivity index (χ4v) is 5.61. The number of ether oxygens (including phenoxy) is 1. The van der Waals surface area contributed by atoms with Crippen LogP contribution in [0.5, 0.6) is 5.75 Å². The van der Waals surface area contributed by atoms with Gasteiger partial charge in [-0.05, 0) is 65.7 Å². The van der Waals surface area contributed by atoms with Crippen molar-refractivity contribution in [2.24, 2.45) is 5.10 Å². The van der Waals surface area contributed by atoms with Gasteiger partial charge in [-0.1, -0.05) is 12.1 Å².